The van der Waals surface area contributed by atoms with Crippen molar-refractivity contribution in [2.24, 2.45) is 17.1 Å². The fourth-order valence-corrected chi connectivity index (χ4v) is 5.63. The van der Waals surface area contributed by atoms with Gasteiger partial charge in [-0.15, -0.1) is 13.2 Å². The van der Waals surface area contributed by atoms with Gasteiger partial charge in [-0.25, -0.2) is 0 Å². The van der Waals surface area contributed by atoms with E-state index in [1.807, 2.05) is 50.3 Å². The Kier molecular flexibility index (Phi) is 22.4. The topological polar surface area (TPSA) is 43.1 Å². The summed E-state index contributed by atoms with van der Waals surface area (Å²) < 4.78 is 0. The van der Waals surface area contributed by atoms with Gasteiger partial charge in [-0.1, -0.05) is 111 Å². The van der Waals surface area contributed by atoms with E-state index >= 15 is 0 Å². The molecular formula is C39H57Cl2NO. The molecule has 0 saturated heterocycles. The third-order valence-corrected chi connectivity index (χ3v) is 8.11. The third-order valence-electron chi connectivity index (χ3n) is 7.52. The van der Waals surface area contributed by atoms with Gasteiger partial charge in [-0.05, 0) is 118 Å². The first-order chi connectivity index (χ1) is 20.5. The fraction of sp³-hybridized carbons (Fsp3) is 0.462. The van der Waals surface area contributed by atoms with Crippen molar-refractivity contribution in [1.82, 2.24) is 0 Å². The molecule has 0 saturated carbocycles. The quantitative estimate of drug-likeness (QED) is 0.146. The number of benzene rings is 2. The molecule has 2 unspecified atom stereocenters. The van der Waals surface area contributed by atoms with Crippen LogP contribution in [-0.4, -0.2) is 5.91 Å². The second kappa shape index (κ2) is 23.9. The van der Waals surface area contributed by atoms with Gasteiger partial charge in [0.15, 0.2) is 0 Å². The van der Waals surface area contributed by atoms with Crippen LogP contribution in [0.1, 0.15) is 110 Å². The lowest BCUT2D eigenvalue weighted by Gasteiger charge is -2.35. The number of carbonyl (C=O) groups is 1. The zero-order valence-electron chi connectivity index (χ0n) is 27.7. The van der Waals surface area contributed by atoms with Gasteiger partial charge in [0.2, 0.25) is 5.91 Å². The molecule has 0 spiro atoms. The smallest absolute Gasteiger partial charge is 0.217 e. The molecule has 43 heavy (non-hydrogen) atoms. The Morgan fingerprint density at radius 2 is 1.58 bits per heavy atom. The minimum Gasteiger partial charge on any atom is -0.370 e. The summed E-state index contributed by atoms with van der Waals surface area (Å²) in [5.41, 5.74) is 10.4. The minimum atomic E-state index is -0.254. The molecule has 0 aliphatic rings. The number of primary amides is 1. The van der Waals surface area contributed by atoms with Crippen LogP contribution in [0.2, 0.25) is 10.0 Å². The SMILES string of the molecule is C/C=C\C.C=CCCC(CC(N)=O)CC(C)(Cc1ccc(Cl)cc1Cl)Cc1ccccc1/C(C)=C/C.C=CCCCCC. The summed E-state index contributed by atoms with van der Waals surface area (Å²) in [7, 11) is 0. The lowest BCUT2D eigenvalue weighted by molar-refractivity contribution is -0.119. The Morgan fingerprint density at radius 1 is 0.953 bits per heavy atom. The monoisotopic (exact) mass is 625 g/mol. The summed E-state index contributed by atoms with van der Waals surface area (Å²) in [6.45, 7) is 20.2. The third kappa shape index (κ3) is 18.0. The van der Waals surface area contributed by atoms with Crippen LogP contribution in [-0.2, 0) is 17.6 Å². The van der Waals surface area contributed by atoms with Crippen LogP contribution in [0.25, 0.3) is 5.57 Å². The van der Waals surface area contributed by atoms with Crippen molar-refractivity contribution in [3.8, 4) is 0 Å². The molecule has 0 aliphatic heterocycles. The van der Waals surface area contributed by atoms with Crippen molar-refractivity contribution in [1.29, 1.82) is 0 Å². The number of nitrogens with two attached hydrogens (primary N) is 1. The van der Waals surface area contributed by atoms with Gasteiger partial charge in [0.05, 0.1) is 0 Å². The minimum absolute atomic E-state index is 0.122. The highest BCUT2D eigenvalue weighted by Gasteiger charge is 2.31. The van der Waals surface area contributed by atoms with Crippen molar-refractivity contribution in [3.05, 3.63) is 113 Å². The van der Waals surface area contributed by atoms with E-state index < -0.39 is 0 Å². The standard InChI is InChI=1S/C28H35Cl2NO.C7H14.C4H8/c1-5-7-10-21(15-27(31)32)17-28(4,19-23-13-14-24(29)16-26(23)30)18-22-11-8-9-12-25(22)20(3)6-2;1-3-5-7-6-4-2;1-3-4-2/h5-6,8-9,11-14,16,21H,1,7,10,15,17-19H2,2-4H3,(H2,31,32);3H,1,4-7H2,2H3;3-4H,1-2H3/b20-6+;;4-3-. The van der Waals surface area contributed by atoms with E-state index in [0.29, 0.717) is 16.5 Å². The molecule has 0 heterocycles. The number of hydrogen-bond acceptors (Lipinski definition) is 1. The van der Waals surface area contributed by atoms with E-state index in [2.05, 4.69) is 71.2 Å². The molecule has 1 amide bonds. The largest absolute Gasteiger partial charge is 0.370 e. The lowest BCUT2D eigenvalue weighted by Crippen LogP contribution is -2.29. The molecule has 0 fully saturated rings. The van der Waals surface area contributed by atoms with E-state index in [9.17, 15) is 4.79 Å². The number of halogens is 2. The van der Waals surface area contributed by atoms with Crippen LogP contribution in [0.5, 0.6) is 0 Å². The molecule has 2 atom stereocenters. The summed E-state index contributed by atoms with van der Waals surface area (Å²) in [5.74, 6) is -0.0624. The molecule has 0 aliphatic carbocycles. The summed E-state index contributed by atoms with van der Waals surface area (Å²) in [4.78, 5) is 11.8. The highest BCUT2D eigenvalue weighted by molar-refractivity contribution is 6.35. The van der Waals surface area contributed by atoms with Gasteiger partial charge >= 0.3 is 0 Å². The number of amides is 1. The highest BCUT2D eigenvalue weighted by atomic mass is 35.5. The molecule has 2 aromatic carbocycles. The number of carbonyl (C=O) groups excluding carboxylic acids is 1. The maximum atomic E-state index is 11.8. The molecular weight excluding hydrogens is 569 g/mol. The molecule has 2 N–H and O–H groups in total. The van der Waals surface area contributed by atoms with Crippen LogP contribution in [0.4, 0.5) is 0 Å². The molecule has 2 nitrogen and oxygen atoms in total. The molecule has 0 radical (unpaired) electrons. The first kappa shape index (κ1) is 40.5. The predicted octanol–water partition coefficient (Wildman–Crippen LogP) is 12.4. The Morgan fingerprint density at radius 3 is 2.12 bits per heavy atom. The van der Waals surface area contributed by atoms with Crippen LogP contribution in [0.15, 0.2) is 86.0 Å². The lowest BCUT2D eigenvalue weighted by atomic mass is 9.70. The average Bonchev–Trinajstić information content (AvgIpc) is 2.97. The summed E-state index contributed by atoms with van der Waals surface area (Å²) in [5, 5.41) is 1.31. The van der Waals surface area contributed by atoms with Gasteiger partial charge in [0, 0.05) is 16.5 Å². The van der Waals surface area contributed by atoms with Crippen molar-refractivity contribution in [2.75, 3.05) is 0 Å². The van der Waals surface area contributed by atoms with E-state index in [4.69, 9.17) is 28.9 Å². The Hall–Kier alpha value is -2.55. The molecule has 4 heteroatoms. The summed E-state index contributed by atoms with van der Waals surface area (Å²) in [6, 6.07) is 14.3. The zero-order valence-corrected chi connectivity index (χ0v) is 29.2. The number of allylic oxidation sites excluding steroid dienone is 6. The van der Waals surface area contributed by atoms with Crippen molar-refractivity contribution < 1.29 is 4.79 Å². The first-order valence-electron chi connectivity index (χ1n) is 15.7. The molecule has 0 bridgehead atoms. The molecule has 2 rings (SSSR count). The molecule has 238 valence electrons. The second-order valence-electron chi connectivity index (χ2n) is 11.6. The summed E-state index contributed by atoms with van der Waals surface area (Å²) in [6.07, 6.45) is 19.9. The Bertz CT molecular complexity index is 1150. The molecule has 2 aromatic rings. The number of hydrogen-bond donors (Lipinski definition) is 1. The predicted molar refractivity (Wildman–Crippen MR) is 194 cm³/mol. The fourth-order valence-electron chi connectivity index (χ4n) is 5.16. The highest BCUT2D eigenvalue weighted by Crippen LogP contribution is 2.40. The van der Waals surface area contributed by atoms with Gasteiger partial charge < -0.3 is 5.73 Å². The average molecular weight is 627 g/mol. The first-order valence-corrected chi connectivity index (χ1v) is 16.5. The number of unbranched alkanes of at least 4 members (excludes halogenated alkanes) is 3. The van der Waals surface area contributed by atoms with Crippen molar-refractivity contribution in [2.45, 2.75) is 106 Å². The van der Waals surface area contributed by atoms with Gasteiger partial charge in [0.25, 0.3) is 0 Å². The van der Waals surface area contributed by atoms with E-state index in [1.54, 1.807) is 6.07 Å². The van der Waals surface area contributed by atoms with Crippen molar-refractivity contribution in [3.63, 3.8) is 0 Å². The van der Waals surface area contributed by atoms with Crippen LogP contribution >= 0.6 is 23.2 Å². The maximum absolute atomic E-state index is 11.8. The molecule has 0 aromatic heterocycles. The van der Waals surface area contributed by atoms with Crippen LogP contribution in [0, 0.1) is 11.3 Å². The van der Waals surface area contributed by atoms with E-state index in [0.717, 1.165) is 37.7 Å². The second-order valence-corrected chi connectivity index (χ2v) is 12.4. The Balaban J connectivity index is 0.00000136. The number of rotatable bonds is 16. The van der Waals surface area contributed by atoms with Crippen molar-refractivity contribution >= 4 is 34.7 Å². The summed E-state index contributed by atoms with van der Waals surface area (Å²) >= 11 is 12.7. The van der Waals surface area contributed by atoms with E-state index in [1.165, 1.54) is 42.4 Å². The zero-order chi connectivity index (χ0) is 32.7. The van der Waals surface area contributed by atoms with Gasteiger partial charge in [0.1, 0.15) is 0 Å². The van der Waals surface area contributed by atoms with Gasteiger partial charge in [-0.2, -0.15) is 0 Å². The maximum Gasteiger partial charge on any atom is 0.217 e. The van der Waals surface area contributed by atoms with Crippen LogP contribution < -0.4 is 5.73 Å². The van der Waals surface area contributed by atoms with Crippen LogP contribution in [0.3, 0.4) is 0 Å². The normalized spacial score (nSPS) is 13.2. The van der Waals surface area contributed by atoms with Gasteiger partial charge in [-0.3, -0.25) is 4.79 Å². The van der Waals surface area contributed by atoms with E-state index in [-0.39, 0.29) is 17.2 Å². The Labute approximate surface area is 274 Å².